The van der Waals surface area contributed by atoms with Gasteiger partial charge < -0.3 is 9.52 Å². The molecule has 0 aliphatic heterocycles. The minimum Gasteiger partial charge on any atom is -0.507 e. The molecule has 0 fully saturated rings. The molecular formula is C17H15N5O3S. The molecular weight excluding hydrogens is 354 g/mol. The third-order valence-corrected chi connectivity index (χ3v) is 4.23. The van der Waals surface area contributed by atoms with Gasteiger partial charge in [-0.2, -0.15) is 5.10 Å². The first-order chi connectivity index (χ1) is 12.6. The van der Waals surface area contributed by atoms with Crippen LogP contribution in [0.3, 0.4) is 0 Å². The maximum atomic E-state index is 12.1. The summed E-state index contributed by atoms with van der Waals surface area (Å²) in [5.74, 6) is 0.118. The Morgan fingerprint density at radius 3 is 2.81 bits per heavy atom. The molecule has 3 aromatic rings. The van der Waals surface area contributed by atoms with Gasteiger partial charge in [0.15, 0.2) is 0 Å². The largest absolute Gasteiger partial charge is 0.507 e. The van der Waals surface area contributed by atoms with Crippen molar-refractivity contribution in [2.24, 2.45) is 5.10 Å². The van der Waals surface area contributed by atoms with Crippen LogP contribution in [0.15, 0.2) is 63.5 Å². The number of para-hydroxylation sites is 1. The van der Waals surface area contributed by atoms with Crippen molar-refractivity contribution in [2.75, 3.05) is 0 Å². The SMILES string of the molecule is CC(Sc1nnc(-c2ccncc2)o1)C(=O)N/N=C/c1ccccc1O. The first kappa shape index (κ1) is 17.6. The molecule has 3 rings (SSSR count). The summed E-state index contributed by atoms with van der Waals surface area (Å²) < 4.78 is 5.54. The minimum absolute atomic E-state index is 0.0856. The van der Waals surface area contributed by atoms with E-state index in [0.29, 0.717) is 11.5 Å². The molecule has 26 heavy (non-hydrogen) atoms. The van der Waals surface area contributed by atoms with Gasteiger partial charge in [-0.05, 0) is 31.2 Å². The van der Waals surface area contributed by atoms with Crippen LogP contribution < -0.4 is 5.43 Å². The van der Waals surface area contributed by atoms with Gasteiger partial charge in [-0.25, -0.2) is 5.43 Å². The lowest BCUT2D eigenvalue weighted by molar-refractivity contribution is -0.120. The molecule has 2 N–H and O–H groups in total. The van der Waals surface area contributed by atoms with Gasteiger partial charge in [0.25, 0.3) is 11.1 Å². The van der Waals surface area contributed by atoms with Crippen molar-refractivity contribution in [3.63, 3.8) is 0 Å². The number of carbonyl (C=O) groups is 1. The molecule has 2 aromatic heterocycles. The number of phenols is 1. The van der Waals surface area contributed by atoms with Crippen LogP contribution in [0.5, 0.6) is 5.75 Å². The number of amides is 1. The van der Waals surface area contributed by atoms with Crippen molar-refractivity contribution >= 4 is 23.9 Å². The Balaban J connectivity index is 1.56. The third kappa shape index (κ3) is 4.45. The number of aromatic hydroxyl groups is 1. The number of hydrazone groups is 1. The Kier molecular flexibility index (Phi) is 5.59. The number of thioether (sulfide) groups is 1. The highest BCUT2D eigenvalue weighted by Crippen LogP contribution is 2.25. The number of phenolic OH excluding ortho intramolecular Hbond substituents is 1. The smallest absolute Gasteiger partial charge is 0.277 e. The van der Waals surface area contributed by atoms with E-state index >= 15 is 0 Å². The molecule has 0 spiro atoms. The van der Waals surface area contributed by atoms with Crippen molar-refractivity contribution in [2.45, 2.75) is 17.4 Å². The second-order valence-corrected chi connectivity index (χ2v) is 6.45. The minimum atomic E-state index is -0.498. The fourth-order valence-corrected chi connectivity index (χ4v) is 2.60. The molecule has 0 aliphatic rings. The number of benzene rings is 1. The number of carbonyl (C=O) groups excluding carboxylic acids is 1. The first-order valence-electron chi connectivity index (χ1n) is 7.65. The molecule has 1 atom stereocenters. The Bertz CT molecular complexity index is 914. The van der Waals surface area contributed by atoms with Gasteiger partial charge in [-0.3, -0.25) is 9.78 Å². The molecule has 0 saturated carbocycles. The molecule has 0 bridgehead atoms. The van der Waals surface area contributed by atoms with E-state index in [9.17, 15) is 9.90 Å². The number of hydrogen-bond donors (Lipinski definition) is 2. The normalized spacial score (nSPS) is 12.2. The molecule has 0 radical (unpaired) electrons. The lowest BCUT2D eigenvalue weighted by Gasteiger charge is -2.05. The summed E-state index contributed by atoms with van der Waals surface area (Å²) in [6, 6.07) is 10.2. The van der Waals surface area contributed by atoms with Gasteiger partial charge in [-0.15, -0.1) is 10.2 Å². The van der Waals surface area contributed by atoms with E-state index in [-0.39, 0.29) is 16.9 Å². The summed E-state index contributed by atoms with van der Waals surface area (Å²) in [5, 5.41) is 21.2. The van der Waals surface area contributed by atoms with Crippen molar-refractivity contribution in [1.29, 1.82) is 0 Å². The van der Waals surface area contributed by atoms with Gasteiger partial charge in [0, 0.05) is 23.5 Å². The zero-order valence-electron chi connectivity index (χ0n) is 13.7. The number of aromatic nitrogens is 3. The molecule has 1 aromatic carbocycles. The fourth-order valence-electron chi connectivity index (χ4n) is 1.93. The van der Waals surface area contributed by atoms with Crippen molar-refractivity contribution in [3.8, 4) is 17.2 Å². The molecule has 1 amide bonds. The van der Waals surface area contributed by atoms with Crippen LogP contribution in [0, 0.1) is 0 Å². The predicted molar refractivity (Wildman–Crippen MR) is 96.7 cm³/mol. The molecule has 132 valence electrons. The number of pyridine rings is 1. The standard InChI is InChI=1S/C17H15N5O3S/c1-11(15(24)20-19-10-13-4-2-3-5-14(13)23)26-17-22-21-16(25-17)12-6-8-18-9-7-12/h2-11,23H,1H3,(H,20,24)/b19-10+. The number of nitrogens with zero attached hydrogens (tertiary/aromatic N) is 4. The molecule has 1 unspecified atom stereocenters. The van der Waals surface area contributed by atoms with Crippen molar-refractivity contribution in [3.05, 3.63) is 54.4 Å². The average molecular weight is 369 g/mol. The van der Waals surface area contributed by atoms with Crippen LogP contribution in [-0.2, 0) is 4.79 Å². The van der Waals surface area contributed by atoms with E-state index in [4.69, 9.17) is 4.42 Å². The summed E-state index contributed by atoms with van der Waals surface area (Å²) >= 11 is 1.13. The first-order valence-corrected chi connectivity index (χ1v) is 8.53. The van der Waals surface area contributed by atoms with Crippen LogP contribution in [0.4, 0.5) is 0 Å². The second-order valence-electron chi connectivity index (χ2n) is 5.16. The van der Waals surface area contributed by atoms with E-state index in [2.05, 4.69) is 25.7 Å². The molecule has 8 nitrogen and oxygen atoms in total. The van der Waals surface area contributed by atoms with E-state index in [1.807, 2.05) is 0 Å². The highest BCUT2D eigenvalue weighted by atomic mass is 32.2. The summed E-state index contributed by atoms with van der Waals surface area (Å²) in [6.07, 6.45) is 4.63. The second kappa shape index (κ2) is 8.26. The van der Waals surface area contributed by atoms with Crippen LogP contribution >= 0.6 is 11.8 Å². The maximum Gasteiger partial charge on any atom is 0.277 e. The topological polar surface area (TPSA) is 114 Å². The van der Waals surface area contributed by atoms with Crippen molar-refractivity contribution < 1.29 is 14.3 Å². The fraction of sp³-hybridized carbons (Fsp3) is 0.118. The van der Waals surface area contributed by atoms with Crippen LogP contribution in [0.2, 0.25) is 0 Å². The Hall–Kier alpha value is -3.20. The van der Waals surface area contributed by atoms with E-state index in [0.717, 1.165) is 17.3 Å². The van der Waals surface area contributed by atoms with Gasteiger partial charge in [0.05, 0.1) is 11.5 Å². The third-order valence-electron chi connectivity index (χ3n) is 3.30. The van der Waals surface area contributed by atoms with Crippen LogP contribution in [0.1, 0.15) is 12.5 Å². The zero-order chi connectivity index (χ0) is 18.4. The number of rotatable bonds is 6. The molecule has 0 saturated heterocycles. The summed E-state index contributed by atoms with van der Waals surface area (Å²) in [6.45, 7) is 1.70. The summed E-state index contributed by atoms with van der Waals surface area (Å²) in [4.78, 5) is 16.0. The summed E-state index contributed by atoms with van der Waals surface area (Å²) in [7, 11) is 0. The monoisotopic (exact) mass is 369 g/mol. The predicted octanol–water partition coefficient (Wildman–Crippen LogP) is 2.47. The lowest BCUT2D eigenvalue weighted by Crippen LogP contribution is -2.26. The quantitative estimate of drug-likeness (QED) is 0.390. The summed E-state index contributed by atoms with van der Waals surface area (Å²) in [5.41, 5.74) is 3.68. The zero-order valence-corrected chi connectivity index (χ0v) is 14.6. The highest BCUT2D eigenvalue weighted by Gasteiger charge is 2.18. The molecule has 2 heterocycles. The maximum absolute atomic E-state index is 12.1. The van der Waals surface area contributed by atoms with Crippen LogP contribution in [0.25, 0.3) is 11.5 Å². The lowest BCUT2D eigenvalue weighted by atomic mass is 10.2. The molecule has 0 aliphatic carbocycles. The van der Waals surface area contributed by atoms with Gasteiger partial charge in [0.2, 0.25) is 5.89 Å². The van der Waals surface area contributed by atoms with E-state index in [1.54, 1.807) is 49.6 Å². The average Bonchev–Trinajstić information content (AvgIpc) is 3.12. The van der Waals surface area contributed by atoms with E-state index < -0.39 is 5.25 Å². The van der Waals surface area contributed by atoms with Crippen LogP contribution in [-0.4, -0.2) is 37.7 Å². The van der Waals surface area contributed by atoms with Crippen molar-refractivity contribution in [1.82, 2.24) is 20.6 Å². The Morgan fingerprint density at radius 2 is 2.04 bits per heavy atom. The number of hydrogen-bond acceptors (Lipinski definition) is 8. The Labute approximate surface area is 153 Å². The van der Waals surface area contributed by atoms with Gasteiger partial charge in [0.1, 0.15) is 5.75 Å². The highest BCUT2D eigenvalue weighted by molar-refractivity contribution is 8.00. The van der Waals surface area contributed by atoms with Gasteiger partial charge in [-0.1, -0.05) is 23.9 Å². The Morgan fingerprint density at radius 1 is 1.27 bits per heavy atom. The number of nitrogens with one attached hydrogen (secondary N) is 1. The van der Waals surface area contributed by atoms with E-state index in [1.165, 1.54) is 12.3 Å². The van der Waals surface area contributed by atoms with Gasteiger partial charge >= 0.3 is 0 Å². The molecule has 9 heteroatoms.